The molecule has 4 N–H and O–H groups in total. The monoisotopic (exact) mass is 293 g/mol. The van der Waals surface area contributed by atoms with Crippen LogP contribution in [-0.4, -0.2) is 21.0 Å². The topological polar surface area (TPSA) is 109 Å². The van der Waals surface area contributed by atoms with Crippen molar-refractivity contribution in [3.8, 4) is 0 Å². The predicted octanol–water partition coefficient (Wildman–Crippen LogP) is 1.22. The van der Waals surface area contributed by atoms with Gasteiger partial charge in [0.05, 0.1) is 12.0 Å². The first kappa shape index (κ1) is 14.1. The molecule has 0 amide bonds. The summed E-state index contributed by atoms with van der Waals surface area (Å²) in [7, 11) is 0. The molecule has 0 unspecified atom stereocenters. The first-order valence-electron chi connectivity index (χ1n) is 5.79. The number of carboxylic acid groups (broad SMARTS) is 1. The van der Waals surface area contributed by atoms with E-state index in [0.717, 1.165) is 5.56 Å². The molecule has 0 aliphatic carbocycles. The third-order valence-corrected chi connectivity index (χ3v) is 2.92. The van der Waals surface area contributed by atoms with Crippen LogP contribution in [0.15, 0.2) is 29.1 Å². The van der Waals surface area contributed by atoms with Crippen LogP contribution in [0.2, 0.25) is 5.02 Å². The number of H-pyrrole nitrogens is 1. The number of nitrogens with zero attached hydrogens (tertiary/aromatic N) is 1. The molecule has 104 valence electrons. The van der Waals surface area contributed by atoms with Crippen molar-refractivity contribution in [3.63, 3.8) is 0 Å². The molecule has 7 heteroatoms. The molecular formula is C13H12ClN3O3. The highest BCUT2D eigenvalue weighted by atomic mass is 35.5. The summed E-state index contributed by atoms with van der Waals surface area (Å²) in [4.78, 5) is 29.0. The quantitative estimate of drug-likeness (QED) is 0.785. The number of rotatable bonds is 4. The van der Waals surface area contributed by atoms with Crippen molar-refractivity contribution in [1.82, 2.24) is 9.97 Å². The van der Waals surface area contributed by atoms with Crippen molar-refractivity contribution in [2.75, 3.05) is 5.73 Å². The van der Waals surface area contributed by atoms with Crippen LogP contribution in [0, 0.1) is 0 Å². The van der Waals surface area contributed by atoms with Gasteiger partial charge in [-0.15, -0.1) is 0 Å². The van der Waals surface area contributed by atoms with Crippen molar-refractivity contribution in [1.29, 1.82) is 0 Å². The molecule has 0 bridgehead atoms. The van der Waals surface area contributed by atoms with E-state index >= 15 is 0 Å². The van der Waals surface area contributed by atoms with Crippen molar-refractivity contribution in [3.05, 3.63) is 56.6 Å². The number of aliphatic carboxylic acids is 1. The van der Waals surface area contributed by atoms with Gasteiger partial charge in [-0.2, -0.15) is 0 Å². The molecule has 1 heterocycles. The lowest BCUT2D eigenvalue weighted by Gasteiger charge is -2.06. The Morgan fingerprint density at radius 2 is 2.20 bits per heavy atom. The van der Waals surface area contributed by atoms with Crippen molar-refractivity contribution in [2.24, 2.45) is 0 Å². The minimum absolute atomic E-state index is 0.0349. The Kier molecular flexibility index (Phi) is 4.05. The van der Waals surface area contributed by atoms with Gasteiger partial charge in [-0.3, -0.25) is 9.59 Å². The van der Waals surface area contributed by atoms with Crippen LogP contribution in [0.1, 0.15) is 17.0 Å². The summed E-state index contributed by atoms with van der Waals surface area (Å²) in [6, 6.07) is 7.12. The van der Waals surface area contributed by atoms with Gasteiger partial charge >= 0.3 is 5.97 Å². The Balaban J connectivity index is 2.31. The summed E-state index contributed by atoms with van der Waals surface area (Å²) in [6.07, 6.45) is -0.0983. The van der Waals surface area contributed by atoms with E-state index in [-0.39, 0.29) is 11.4 Å². The molecule has 2 aromatic rings. The summed E-state index contributed by atoms with van der Waals surface area (Å²) in [6.45, 7) is 0. The van der Waals surface area contributed by atoms with Gasteiger partial charge < -0.3 is 15.8 Å². The number of aromatic amines is 1. The highest BCUT2D eigenvalue weighted by Gasteiger charge is 2.12. The maximum Gasteiger partial charge on any atom is 0.308 e. The zero-order valence-corrected chi connectivity index (χ0v) is 11.1. The van der Waals surface area contributed by atoms with Crippen LogP contribution < -0.4 is 11.3 Å². The molecule has 1 aromatic heterocycles. The van der Waals surface area contributed by atoms with Gasteiger partial charge in [0.2, 0.25) is 0 Å². The summed E-state index contributed by atoms with van der Waals surface area (Å²) >= 11 is 5.87. The van der Waals surface area contributed by atoms with E-state index in [1.54, 1.807) is 18.2 Å². The second-order valence-electron chi connectivity index (χ2n) is 4.25. The minimum atomic E-state index is -1.13. The lowest BCUT2D eigenvalue weighted by Crippen LogP contribution is -2.22. The maximum atomic E-state index is 11.8. The Morgan fingerprint density at radius 1 is 1.45 bits per heavy atom. The number of hydrogen-bond acceptors (Lipinski definition) is 4. The third-order valence-electron chi connectivity index (χ3n) is 2.69. The average Bonchev–Trinajstić information content (AvgIpc) is 2.33. The van der Waals surface area contributed by atoms with Gasteiger partial charge in [0, 0.05) is 11.4 Å². The van der Waals surface area contributed by atoms with E-state index in [4.69, 9.17) is 22.4 Å². The summed E-state index contributed by atoms with van der Waals surface area (Å²) < 4.78 is 0. The molecule has 2 rings (SSSR count). The molecule has 0 saturated carbocycles. The fourth-order valence-electron chi connectivity index (χ4n) is 1.81. The predicted molar refractivity (Wildman–Crippen MR) is 74.9 cm³/mol. The van der Waals surface area contributed by atoms with Crippen molar-refractivity contribution in [2.45, 2.75) is 12.8 Å². The van der Waals surface area contributed by atoms with Gasteiger partial charge in [-0.25, -0.2) is 4.98 Å². The molecule has 0 radical (unpaired) electrons. The lowest BCUT2D eigenvalue weighted by molar-refractivity contribution is -0.136. The summed E-state index contributed by atoms with van der Waals surface area (Å²) in [5.74, 6) is -0.830. The Labute approximate surface area is 119 Å². The molecule has 6 nitrogen and oxygen atoms in total. The molecule has 0 atom stereocenters. The molecule has 0 aliphatic rings. The number of aromatic nitrogens is 2. The van der Waals surface area contributed by atoms with E-state index in [2.05, 4.69) is 9.97 Å². The number of nitrogen functional groups attached to an aromatic ring is 1. The van der Waals surface area contributed by atoms with Gasteiger partial charge in [-0.05, 0) is 17.7 Å². The number of nitrogens with one attached hydrogen (secondary N) is 1. The Hall–Kier alpha value is -2.34. The molecule has 20 heavy (non-hydrogen) atoms. The zero-order chi connectivity index (χ0) is 14.7. The average molecular weight is 294 g/mol. The van der Waals surface area contributed by atoms with E-state index in [0.29, 0.717) is 17.3 Å². The fraction of sp³-hybridized carbons (Fsp3) is 0.154. The molecular weight excluding hydrogens is 282 g/mol. The second kappa shape index (κ2) is 5.75. The molecule has 0 saturated heterocycles. The number of hydrogen-bond donors (Lipinski definition) is 3. The highest BCUT2D eigenvalue weighted by Crippen LogP contribution is 2.13. The molecule has 0 fully saturated rings. The molecule has 0 spiro atoms. The standard InChI is InChI=1S/C13H12ClN3O3/c14-8-3-1-2-7(4-8)5-10-16-12(15)9(6-11(18)19)13(20)17-10/h1-4H,5-6H2,(H,18,19)(H3,15,16,17,20). The number of nitrogens with two attached hydrogens (primary N) is 1. The van der Waals surface area contributed by atoms with Crippen LogP contribution in [0.5, 0.6) is 0 Å². The number of benzene rings is 1. The van der Waals surface area contributed by atoms with Gasteiger partial charge in [0.15, 0.2) is 0 Å². The number of anilines is 1. The Morgan fingerprint density at radius 3 is 2.80 bits per heavy atom. The smallest absolute Gasteiger partial charge is 0.308 e. The number of carbonyl (C=O) groups is 1. The highest BCUT2D eigenvalue weighted by molar-refractivity contribution is 6.30. The second-order valence-corrected chi connectivity index (χ2v) is 4.69. The van der Waals surface area contributed by atoms with E-state index in [1.807, 2.05) is 6.07 Å². The first-order chi connectivity index (χ1) is 9.45. The van der Waals surface area contributed by atoms with Crippen molar-refractivity contribution < 1.29 is 9.90 Å². The summed E-state index contributed by atoms with van der Waals surface area (Å²) in [5, 5.41) is 9.28. The zero-order valence-electron chi connectivity index (χ0n) is 10.4. The third kappa shape index (κ3) is 3.36. The minimum Gasteiger partial charge on any atom is -0.481 e. The van der Waals surface area contributed by atoms with Crippen LogP contribution in [-0.2, 0) is 17.6 Å². The van der Waals surface area contributed by atoms with Crippen LogP contribution in [0.4, 0.5) is 5.82 Å². The van der Waals surface area contributed by atoms with E-state index < -0.39 is 17.9 Å². The first-order valence-corrected chi connectivity index (χ1v) is 6.17. The lowest BCUT2D eigenvalue weighted by atomic mass is 10.1. The number of carboxylic acids is 1. The number of halogens is 1. The van der Waals surface area contributed by atoms with Crippen LogP contribution >= 0.6 is 11.6 Å². The maximum absolute atomic E-state index is 11.8. The summed E-state index contributed by atoms with van der Waals surface area (Å²) in [5.41, 5.74) is 5.93. The van der Waals surface area contributed by atoms with Crippen molar-refractivity contribution >= 4 is 23.4 Å². The van der Waals surface area contributed by atoms with Gasteiger partial charge in [-0.1, -0.05) is 23.7 Å². The molecule has 0 aliphatic heterocycles. The van der Waals surface area contributed by atoms with Crippen LogP contribution in [0.3, 0.4) is 0 Å². The van der Waals surface area contributed by atoms with E-state index in [9.17, 15) is 9.59 Å². The van der Waals surface area contributed by atoms with Crippen LogP contribution in [0.25, 0.3) is 0 Å². The van der Waals surface area contributed by atoms with Gasteiger partial charge in [0.1, 0.15) is 11.6 Å². The largest absolute Gasteiger partial charge is 0.481 e. The SMILES string of the molecule is Nc1nc(Cc2cccc(Cl)c2)[nH]c(=O)c1CC(=O)O. The fourth-order valence-corrected chi connectivity index (χ4v) is 2.02. The Bertz CT molecular complexity index is 712. The van der Waals surface area contributed by atoms with Gasteiger partial charge in [0.25, 0.3) is 5.56 Å². The normalized spacial score (nSPS) is 10.4. The molecule has 1 aromatic carbocycles. The van der Waals surface area contributed by atoms with E-state index in [1.165, 1.54) is 0 Å².